The zero-order chi connectivity index (χ0) is 14.6. The second-order valence-electron chi connectivity index (χ2n) is 4.48. The second kappa shape index (κ2) is 6.37. The van der Waals surface area contributed by atoms with Crippen molar-refractivity contribution in [2.45, 2.75) is 38.0 Å². The van der Waals surface area contributed by atoms with Gasteiger partial charge in [0.25, 0.3) is 0 Å². The maximum Gasteiger partial charge on any atom is 0.326 e. The summed E-state index contributed by atoms with van der Waals surface area (Å²) in [7, 11) is 1.53. The highest BCUT2D eigenvalue weighted by Gasteiger charge is 2.32. The molecular formula is C11H18N2O6. The van der Waals surface area contributed by atoms with Gasteiger partial charge in [-0.15, -0.1) is 0 Å². The molecule has 1 saturated heterocycles. The molecule has 1 fully saturated rings. The average Bonchev–Trinajstić information content (AvgIpc) is 2.72. The van der Waals surface area contributed by atoms with Crippen LogP contribution in [0.15, 0.2) is 0 Å². The van der Waals surface area contributed by atoms with Gasteiger partial charge >= 0.3 is 18.0 Å². The highest BCUT2D eigenvalue weighted by Crippen LogP contribution is 2.18. The summed E-state index contributed by atoms with van der Waals surface area (Å²) in [6.07, 6.45) is -0.119. The van der Waals surface area contributed by atoms with Crippen LogP contribution in [0.3, 0.4) is 0 Å². The lowest BCUT2D eigenvalue weighted by Gasteiger charge is -2.28. The molecule has 1 rings (SSSR count). The van der Waals surface area contributed by atoms with Crippen molar-refractivity contribution in [2.75, 3.05) is 13.7 Å². The first-order valence-corrected chi connectivity index (χ1v) is 5.92. The van der Waals surface area contributed by atoms with Crippen LogP contribution in [-0.2, 0) is 14.3 Å². The largest absolute Gasteiger partial charge is 0.481 e. The zero-order valence-corrected chi connectivity index (χ0v) is 10.8. The van der Waals surface area contributed by atoms with Crippen molar-refractivity contribution in [3.8, 4) is 0 Å². The number of hydrogen-bond acceptors (Lipinski definition) is 4. The number of aliphatic carboxylic acids is 2. The fourth-order valence-electron chi connectivity index (χ4n) is 2.01. The van der Waals surface area contributed by atoms with E-state index in [0.717, 1.165) is 0 Å². The number of carbonyl (C=O) groups is 3. The number of carboxylic acids is 2. The number of hydrogen-bond donors (Lipinski definition) is 3. The van der Waals surface area contributed by atoms with E-state index in [1.165, 1.54) is 11.9 Å². The van der Waals surface area contributed by atoms with Crippen LogP contribution in [0.5, 0.6) is 0 Å². The molecule has 19 heavy (non-hydrogen) atoms. The van der Waals surface area contributed by atoms with Crippen molar-refractivity contribution in [1.29, 1.82) is 0 Å². The summed E-state index contributed by atoms with van der Waals surface area (Å²) in [5.41, 5.74) is 0. The number of urea groups is 1. The fraction of sp³-hybridized carbons (Fsp3) is 0.727. The van der Waals surface area contributed by atoms with Crippen molar-refractivity contribution in [1.82, 2.24) is 10.2 Å². The van der Waals surface area contributed by atoms with E-state index < -0.39 is 30.4 Å². The average molecular weight is 274 g/mol. The Morgan fingerprint density at radius 2 is 2.05 bits per heavy atom. The topological polar surface area (TPSA) is 116 Å². The lowest BCUT2D eigenvalue weighted by molar-refractivity contribution is -0.145. The highest BCUT2D eigenvalue weighted by molar-refractivity contribution is 5.86. The minimum Gasteiger partial charge on any atom is -0.481 e. The number of carboxylic acid groups (broad SMARTS) is 2. The minimum absolute atomic E-state index is 0.126. The number of likely N-dealkylation sites (N-methyl/N-ethyl adjacent to an activating group) is 1. The normalized spacial score (nSPS) is 23.7. The third kappa shape index (κ3) is 4.09. The Labute approximate surface area is 110 Å². The van der Waals surface area contributed by atoms with Gasteiger partial charge in [0, 0.05) is 13.7 Å². The van der Waals surface area contributed by atoms with Gasteiger partial charge in [0.15, 0.2) is 0 Å². The SMILES string of the molecule is CC1OCCC1N(C)C(=O)NC(CC(=O)O)C(=O)O. The van der Waals surface area contributed by atoms with Gasteiger partial charge < -0.3 is 25.2 Å². The molecule has 1 aliphatic rings. The molecular weight excluding hydrogens is 256 g/mol. The van der Waals surface area contributed by atoms with E-state index in [-0.39, 0.29) is 12.1 Å². The van der Waals surface area contributed by atoms with Gasteiger partial charge in [-0.1, -0.05) is 0 Å². The Kier molecular flexibility index (Phi) is 5.11. The molecule has 0 aromatic heterocycles. The molecule has 0 aromatic carbocycles. The van der Waals surface area contributed by atoms with Crippen LogP contribution in [0.1, 0.15) is 19.8 Å². The van der Waals surface area contributed by atoms with Crippen molar-refractivity contribution < 1.29 is 29.3 Å². The summed E-state index contributed by atoms with van der Waals surface area (Å²) >= 11 is 0. The van der Waals surface area contributed by atoms with Crippen molar-refractivity contribution in [3.05, 3.63) is 0 Å². The molecule has 8 heteroatoms. The first-order chi connectivity index (χ1) is 8.82. The summed E-state index contributed by atoms with van der Waals surface area (Å²) in [6, 6.07) is -2.19. The number of rotatable bonds is 5. The molecule has 8 nitrogen and oxygen atoms in total. The van der Waals surface area contributed by atoms with Crippen LogP contribution in [0.25, 0.3) is 0 Å². The molecule has 1 heterocycles. The highest BCUT2D eigenvalue weighted by atomic mass is 16.5. The van der Waals surface area contributed by atoms with E-state index in [2.05, 4.69) is 5.32 Å². The number of carbonyl (C=O) groups excluding carboxylic acids is 1. The quantitative estimate of drug-likeness (QED) is 0.635. The van der Waals surface area contributed by atoms with Crippen LogP contribution in [-0.4, -0.2) is 64.9 Å². The molecule has 0 spiro atoms. The molecule has 108 valence electrons. The molecule has 0 bridgehead atoms. The van der Waals surface area contributed by atoms with E-state index in [4.69, 9.17) is 14.9 Å². The van der Waals surface area contributed by atoms with Crippen LogP contribution in [0.2, 0.25) is 0 Å². The Hall–Kier alpha value is -1.83. The summed E-state index contributed by atoms with van der Waals surface area (Å²) in [5.74, 6) is -2.66. The lowest BCUT2D eigenvalue weighted by atomic mass is 10.1. The predicted molar refractivity (Wildman–Crippen MR) is 63.8 cm³/mol. The van der Waals surface area contributed by atoms with Crippen LogP contribution in [0.4, 0.5) is 4.79 Å². The van der Waals surface area contributed by atoms with Gasteiger partial charge in [0.05, 0.1) is 18.6 Å². The Morgan fingerprint density at radius 3 is 2.47 bits per heavy atom. The van der Waals surface area contributed by atoms with Crippen molar-refractivity contribution >= 4 is 18.0 Å². The third-order valence-electron chi connectivity index (χ3n) is 3.13. The molecule has 3 unspecified atom stereocenters. The van der Waals surface area contributed by atoms with Gasteiger partial charge in [-0.3, -0.25) is 4.79 Å². The summed E-state index contributed by atoms with van der Waals surface area (Å²) in [6.45, 7) is 2.37. The number of amides is 2. The molecule has 0 aliphatic carbocycles. The molecule has 0 aromatic rings. The molecule has 2 amide bonds. The number of nitrogens with zero attached hydrogens (tertiary/aromatic N) is 1. The molecule has 3 atom stereocenters. The summed E-state index contributed by atoms with van der Waals surface area (Å²) < 4.78 is 5.32. The van der Waals surface area contributed by atoms with Gasteiger partial charge in [-0.25, -0.2) is 9.59 Å². The summed E-state index contributed by atoms with van der Waals surface area (Å²) in [5, 5.41) is 19.6. The first-order valence-electron chi connectivity index (χ1n) is 5.92. The van der Waals surface area contributed by atoms with Gasteiger partial charge in [0.2, 0.25) is 0 Å². The Bertz CT molecular complexity index is 372. The third-order valence-corrected chi connectivity index (χ3v) is 3.13. The minimum atomic E-state index is -1.44. The van der Waals surface area contributed by atoms with Gasteiger partial charge in [-0.05, 0) is 13.3 Å². The van der Waals surface area contributed by atoms with Crippen LogP contribution < -0.4 is 5.32 Å². The fourth-order valence-corrected chi connectivity index (χ4v) is 2.01. The Balaban J connectivity index is 2.60. The second-order valence-corrected chi connectivity index (χ2v) is 4.48. The van der Waals surface area contributed by atoms with Gasteiger partial charge in [-0.2, -0.15) is 0 Å². The first kappa shape index (κ1) is 15.2. The van der Waals surface area contributed by atoms with E-state index in [9.17, 15) is 14.4 Å². The van der Waals surface area contributed by atoms with Crippen LogP contribution >= 0.6 is 0 Å². The smallest absolute Gasteiger partial charge is 0.326 e. The van der Waals surface area contributed by atoms with Crippen molar-refractivity contribution in [3.63, 3.8) is 0 Å². The predicted octanol–water partition coefficient (Wildman–Crippen LogP) is -0.267. The number of nitrogens with one attached hydrogen (secondary N) is 1. The van der Waals surface area contributed by atoms with E-state index in [1.54, 1.807) is 0 Å². The summed E-state index contributed by atoms with van der Waals surface area (Å²) in [4.78, 5) is 34.6. The van der Waals surface area contributed by atoms with E-state index in [1.807, 2.05) is 6.92 Å². The van der Waals surface area contributed by atoms with Gasteiger partial charge in [0.1, 0.15) is 6.04 Å². The van der Waals surface area contributed by atoms with E-state index in [0.29, 0.717) is 13.0 Å². The molecule has 0 radical (unpaired) electrons. The standard InChI is InChI=1S/C11H18N2O6/c1-6-8(3-4-19-6)13(2)11(18)12-7(10(16)17)5-9(14)15/h6-8H,3-5H2,1-2H3,(H,12,18)(H,14,15)(H,16,17). The van der Waals surface area contributed by atoms with Crippen molar-refractivity contribution in [2.24, 2.45) is 0 Å². The maximum absolute atomic E-state index is 11.9. The molecule has 3 N–H and O–H groups in total. The zero-order valence-electron chi connectivity index (χ0n) is 10.8. The maximum atomic E-state index is 11.9. The monoisotopic (exact) mass is 274 g/mol. The van der Waals surface area contributed by atoms with E-state index >= 15 is 0 Å². The Morgan fingerprint density at radius 1 is 1.42 bits per heavy atom. The molecule has 0 saturated carbocycles. The number of ether oxygens (including phenoxy) is 1. The molecule has 1 aliphatic heterocycles. The van der Waals surface area contributed by atoms with Crippen LogP contribution in [0, 0.1) is 0 Å². The lowest BCUT2D eigenvalue weighted by Crippen LogP contribution is -2.51.